The van der Waals surface area contributed by atoms with E-state index in [2.05, 4.69) is 5.32 Å². The number of carbonyl (C=O) groups is 2. The Hall–Kier alpha value is -1.91. The lowest BCUT2D eigenvalue weighted by Crippen LogP contribution is -2.51. The van der Waals surface area contributed by atoms with Crippen molar-refractivity contribution in [1.82, 2.24) is 5.32 Å². The smallest absolute Gasteiger partial charge is 0.328 e. The summed E-state index contributed by atoms with van der Waals surface area (Å²) in [5.41, 5.74) is -0.0186. The van der Waals surface area contributed by atoms with E-state index < -0.39 is 30.0 Å². The fourth-order valence-electron chi connectivity index (χ4n) is 2.33. The van der Waals surface area contributed by atoms with Crippen LogP contribution >= 0.6 is 0 Å². The molecule has 0 aromatic heterocycles. The number of benzene rings is 1. The Morgan fingerprint density at radius 2 is 1.80 bits per heavy atom. The van der Waals surface area contributed by atoms with Gasteiger partial charge in [-0.1, -0.05) is 44.2 Å². The van der Waals surface area contributed by atoms with E-state index in [0.29, 0.717) is 12.8 Å². The van der Waals surface area contributed by atoms with Gasteiger partial charge in [0.1, 0.15) is 6.67 Å². The molecule has 1 amide bonds. The van der Waals surface area contributed by atoms with Crippen molar-refractivity contribution in [1.29, 1.82) is 0 Å². The van der Waals surface area contributed by atoms with Crippen molar-refractivity contribution in [3.63, 3.8) is 0 Å². The molecular formula is C15H20FNO3. The van der Waals surface area contributed by atoms with Gasteiger partial charge in [0.05, 0.1) is 5.41 Å². The van der Waals surface area contributed by atoms with Crippen molar-refractivity contribution in [3.05, 3.63) is 35.9 Å². The summed E-state index contributed by atoms with van der Waals surface area (Å²) in [4.78, 5) is 23.3. The maximum atomic E-state index is 12.7. The van der Waals surface area contributed by atoms with Crippen LogP contribution < -0.4 is 5.32 Å². The molecule has 2 N–H and O–H groups in total. The summed E-state index contributed by atoms with van der Waals surface area (Å²) in [5, 5.41) is 11.1. The molecule has 1 unspecified atom stereocenters. The second-order valence-electron chi connectivity index (χ2n) is 4.67. The molecule has 0 fully saturated rings. The van der Waals surface area contributed by atoms with E-state index in [4.69, 9.17) is 5.11 Å². The van der Waals surface area contributed by atoms with E-state index in [0.717, 1.165) is 5.56 Å². The van der Waals surface area contributed by atoms with Gasteiger partial charge < -0.3 is 10.4 Å². The maximum absolute atomic E-state index is 12.7. The second-order valence-corrected chi connectivity index (χ2v) is 4.67. The quantitative estimate of drug-likeness (QED) is 0.805. The molecule has 0 saturated carbocycles. The monoisotopic (exact) mass is 281 g/mol. The SMILES string of the molecule is CCC(CC)(C(=O)NC(CF)C(=O)O)c1ccccc1. The Balaban J connectivity index is 3.07. The van der Waals surface area contributed by atoms with Gasteiger partial charge in [0, 0.05) is 0 Å². The van der Waals surface area contributed by atoms with E-state index in [1.807, 2.05) is 44.2 Å². The van der Waals surface area contributed by atoms with Gasteiger partial charge in [0.2, 0.25) is 5.91 Å². The number of carbonyl (C=O) groups excluding carboxylic acids is 1. The topological polar surface area (TPSA) is 66.4 Å². The minimum absolute atomic E-state index is 0.446. The standard InChI is InChI=1S/C15H20FNO3/c1-3-15(4-2,11-8-6-5-7-9-11)14(20)17-12(10-16)13(18)19/h5-9,12H,3-4,10H2,1-2H3,(H,17,20)(H,18,19). The minimum atomic E-state index is -1.50. The van der Waals surface area contributed by atoms with Crippen molar-refractivity contribution in [2.24, 2.45) is 0 Å². The molecule has 4 nitrogen and oxygen atoms in total. The molecule has 5 heteroatoms. The van der Waals surface area contributed by atoms with Crippen LogP contribution in [0.2, 0.25) is 0 Å². The zero-order chi connectivity index (χ0) is 15.2. The molecule has 0 spiro atoms. The number of carboxylic acid groups (broad SMARTS) is 1. The third-order valence-corrected chi connectivity index (χ3v) is 3.73. The zero-order valence-electron chi connectivity index (χ0n) is 11.7. The van der Waals surface area contributed by atoms with Crippen molar-refractivity contribution in [2.75, 3.05) is 6.67 Å². The summed E-state index contributed by atoms with van der Waals surface area (Å²) >= 11 is 0. The van der Waals surface area contributed by atoms with Crippen LogP contribution in [0.4, 0.5) is 4.39 Å². The van der Waals surface area contributed by atoms with E-state index in [1.54, 1.807) is 0 Å². The van der Waals surface area contributed by atoms with Crippen LogP contribution in [0.15, 0.2) is 30.3 Å². The molecular weight excluding hydrogens is 261 g/mol. The number of hydrogen-bond acceptors (Lipinski definition) is 2. The second kappa shape index (κ2) is 7.03. The summed E-state index contributed by atoms with van der Waals surface area (Å²) in [6.07, 6.45) is 1.02. The highest BCUT2D eigenvalue weighted by Crippen LogP contribution is 2.32. The van der Waals surface area contributed by atoms with E-state index >= 15 is 0 Å². The number of hydrogen-bond donors (Lipinski definition) is 2. The first kappa shape index (κ1) is 16.1. The van der Waals surface area contributed by atoms with Crippen molar-refractivity contribution < 1.29 is 19.1 Å². The molecule has 0 heterocycles. The summed E-state index contributed by atoms with van der Waals surface area (Å²) in [6, 6.07) is 7.66. The van der Waals surface area contributed by atoms with Gasteiger partial charge in [-0.25, -0.2) is 9.18 Å². The highest BCUT2D eigenvalue weighted by molar-refractivity contribution is 5.91. The van der Waals surface area contributed by atoms with Gasteiger partial charge in [-0.2, -0.15) is 0 Å². The van der Waals surface area contributed by atoms with Gasteiger partial charge in [0.25, 0.3) is 0 Å². The number of alkyl halides is 1. The zero-order valence-corrected chi connectivity index (χ0v) is 11.7. The van der Waals surface area contributed by atoms with E-state index in [9.17, 15) is 14.0 Å². The average Bonchev–Trinajstić information content (AvgIpc) is 2.47. The Morgan fingerprint density at radius 3 is 2.20 bits per heavy atom. The molecule has 0 aliphatic carbocycles. The van der Waals surface area contributed by atoms with Gasteiger partial charge in [-0.3, -0.25) is 4.79 Å². The normalized spacial score (nSPS) is 12.8. The molecule has 1 atom stereocenters. The molecule has 0 saturated heterocycles. The fraction of sp³-hybridized carbons (Fsp3) is 0.467. The molecule has 0 bridgehead atoms. The lowest BCUT2D eigenvalue weighted by Gasteiger charge is -2.31. The van der Waals surface area contributed by atoms with Gasteiger partial charge >= 0.3 is 5.97 Å². The highest BCUT2D eigenvalue weighted by Gasteiger charge is 2.38. The van der Waals surface area contributed by atoms with Gasteiger partial charge in [-0.15, -0.1) is 0 Å². The highest BCUT2D eigenvalue weighted by atomic mass is 19.1. The number of aliphatic carboxylic acids is 1. The summed E-state index contributed by atoms with van der Waals surface area (Å²) in [5.74, 6) is -1.81. The summed E-state index contributed by atoms with van der Waals surface area (Å²) in [6.45, 7) is 2.60. The van der Waals surface area contributed by atoms with Crippen LogP contribution in [0.3, 0.4) is 0 Å². The van der Waals surface area contributed by atoms with Crippen LogP contribution in [0.25, 0.3) is 0 Å². The van der Waals surface area contributed by atoms with E-state index in [-0.39, 0.29) is 0 Å². The van der Waals surface area contributed by atoms with Crippen molar-refractivity contribution in [3.8, 4) is 0 Å². The Labute approximate surface area is 118 Å². The Kier molecular flexibility index (Phi) is 5.67. The number of nitrogens with one attached hydrogen (secondary N) is 1. The fourth-order valence-corrected chi connectivity index (χ4v) is 2.33. The third-order valence-electron chi connectivity index (χ3n) is 3.73. The number of rotatable bonds is 7. The van der Waals surface area contributed by atoms with Crippen LogP contribution in [0, 0.1) is 0 Å². The van der Waals surface area contributed by atoms with Crippen LogP contribution in [-0.4, -0.2) is 29.7 Å². The summed E-state index contributed by atoms with van der Waals surface area (Å²) < 4.78 is 12.7. The van der Waals surface area contributed by atoms with E-state index in [1.165, 1.54) is 0 Å². The molecule has 0 aliphatic rings. The van der Waals surface area contributed by atoms with Crippen LogP contribution in [0.5, 0.6) is 0 Å². The molecule has 20 heavy (non-hydrogen) atoms. The first-order chi connectivity index (χ1) is 9.51. The number of amides is 1. The molecule has 1 aromatic carbocycles. The lowest BCUT2D eigenvalue weighted by molar-refractivity contribution is -0.143. The van der Waals surface area contributed by atoms with Crippen LogP contribution in [0.1, 0.15) is 32.3 Å². The third kappa shape index (κ3) is 3.15. The largest absolute Gasteiger partial charge is 0.480 e. The van der Waals surface area contributed by atoms with Gasteiger partial charge in [-0.05, 0) is 18.4 Å². The first-order valence-corrected chi connectivity index (χ1v) is 6.67. The molecule has 110 valence electrons. The summed E-state index contributed by atoms with van der Waals surface area (Å²) in [7, 11) is 0. The molecule has 1 aromatic rings. The average molecular weight is 281 g/mol. The number of halogens is 1. The van der Waals surface area contributed by atoms with Crippen molar-refractivity contribution >= 4 is 11.9 Å². The predicted octanol–water partition coefficient (Wildman–Crippen LogP) is 2.28. The molecule has 1 rings (SSSR count). The predicted molar refractivity (Wildman–Crippen MR) is 74.2 cm³/mol. The first-order valence-electron chi connectivity index (χ1n) is 6.67. The Bertz CT molecular complexity index is 457. The molecule has 0 radical (unpaired) electrons. The maximum Gasteiger partial charge on any atom is 0.328 e. The minimum Gasteiger partial charge on any atom is -0.480 e. The van der Waals surface area contributed by atoms with Gasteiger partial charge in [0.15, 0.2) is 6.04 Å². The van der Waals surface area contributed by atoms with Crippen molar-refractivity contribution in [2.45, 2.75) is 38.1 Å². The molecule has 0 aliphatic heterocycles. The number of carboxylic acids is 1. The lowest BCUT2D eigenvalue weighted by atomic mass is 9.75. The Morgan fingerprint density at radius 1 is 1.25 bits per heavy atom. The van der Waals surface area contributed by atoms with Crippen LogP contribution in [-0.2, 0) is 15.0 Å².